The number of hydrazine groups is 1. The van der Waals surface area contributed by atoms with E-state index in [1.165, 1.54) is 17.4 Å². The molecule has 12 amide bonds. The number of carboxylic acid groups (broad SMARTS) is 3. The highest BCUT2D eigenvalue weighted by molar-refractivity contribution is 6.09. The zero-order chi connectivity index (χ0) is 101. The van der Waals surface area contributed by atoms with Gasteiger partial charge in [-0.05, 0) is 89.6 Å². The maximum atomic E-state index is 15.9. The summed E-state index contributed by atoms with van der Waals surface area (Å²) in [6, 6.07) is 26.4. The Kier molecular flexibility index (Phi) is 37.3. The number of fused-ring (bicyclic) bond motifs is 3. The van der Waals surface area contributed by atoms with Crippen molar-refractivity contribution < 1.29 is 92.3 Å². The third-order valence-electron chi connectivity index (χ3n) is 25.2. The third kappa shape index (κ3) is 30.1. The Morgan fingerprint density at radius 1 is 0.440 bits per heavy atom. The highest BCUT2D eigenvalue weighted by Gasteiger charge is 2.43. The van der Waals surface area contributed by atoms with Gasteiger partial charge < -0.3 is 110 Å². The topological polar surface area (TPSA) is 675 Å². The number of benzene rings is 6. The molecular weight excluding hydrogens is 1820 g/mol. The second-order valence-electron chi connectivity index (χ2n) is 35.1. The van der Waals surface area contributed by atoms with Gasteiger partial charge in [-0.25, -0.2) is 15.2 Å². The highest BCUT2D eigenvalue weighted by atomic mass is 16.4. The average molecular weight is 1940 g/mol. The Morgan fingerprint density at radius 2 is 0.908 bits per heavy atom. The van der Waals surface area contributed by atoms with Crippen LogP contribution in [0.2, 0.25) is 0 Å². The number of guanidine groups is 2. The van der Waals surface area contributed by atoms with Crippen molar-refractivity contribution in [3.8, 4) is 0 Å². The van der Waals surface area contributed by atoms with E-state index in [0.29, 0.717) is 67.0 Å². The van der Waals surface area contributed by atoms with Crippen molar-refractivity contribution in [3.63, 3.8) is 0 Å². The first kappa shape index (κ1) is 104. The number of aromatic amines is 3. The molecule has 45 heteroatoms. The number of carbonyl (C=O) groups is 15. The van der Waals surface area contributed by atoms with Crippen LogP contribution < -0.4 is 75.9 Å². The molecule has 9 aromatic rings. The predicted octanol–water partition coefficient (Wildman–Crippen LogP) is -1.82. The maximum Gasteiger partial charge on any atom is 0.330 e. The highest BCUT2D eigenvalue weighted by Crippen LogP contribution is 2.28. The quantitative estimate of drug-likeness (QED) is 0.00657. The van der Waals surface area contributed by atoms with Crippen LogP contribution in [0.3, 0.4) is 0 Å². The number of H-pyrrole nitrogens is 3. The lowest BCUT2D eigenvalue weighted by molar-refractivity contribution is -0.142. The van der Waals surface area contributed by atoms with E-state index < -0.39 is 188 Å². The molecule has 0 aliphatic carbocycles. The number of amides is 12. The molecular formula is C96H120N26O19. The molecule has 141 heavy (non-hydrogen) atoms. The Hall–Kier alpha value is -15.7. The van der Waals surface area contributed by atoms with Gasteiger partial charge in [0, 0.05) is 168 Å². The molecule has 3 fully saturated rings. The van der Waals surface area contributed by atoms with E-state index in [4.69, 9.17) is 28.0 Å². The van der Waals surface area contributed by atoms with Crippen LogP contribution in [0, 0.1) is 16.7 Å². The average Bonchev–Trinajstić information content (AvgIpc) is 1.77. The number of nitrogens with two attached hydrogens (primary N) is 3. The molecule has 0 spiro atoms. The summed E-state index contributed by atoms with van der Waals surface area (Å²) in [7, 11) is 0. The number of aliphatic carboxylic acids is 3. The standard InChI is InChI=1S/C96H120N26O19/c97-94(98)103-31-11-23-71(85(132)109-73(45-63-48-104-69-21-8-6-19-67(63)69)86(133)112-76(93(140)122-32-12-24-78(122)91(138)115-116-96(101)141)43-57-25-27-61(28-26-57)84(131)60-14-2-1-3-15-60)108-88(135)75(47-65-50-102-56-106-65)110-90(137)77(55-123)113-87(134)74(46-64-49-105-70-22-9-7-20-68(64)70)111-92(139)83(59-29-33-121(34-30-59)95(99)100)114-89(136)72(44-62-17-10-16-58-13-4-5-18-66(58)62)107-79(124)51-117-35-37-118(52-80(125)126)39-41-120(54-82(129)130)42-40-119(38-36-117)53-81(127)128/h1-10,13-22,25-28,48-50,56,59,71-78,83,104-105,123H,11-12,23-24,29-47,51-55H2,(H3,99,100)(H,102,106)(H,107,124)(H,108,135)(H,109,132)(H,110,137)(H,111,139)(H,112,133)(H,113,134)(H,114,136)(H,115,138)(H,125,126)(H,127,128)(H,129,130)(H4,97,98,103)(H3,101,116,141)/t71-,72?,73+,74+,75+,76+,77+,78+,83+/m1/s1. The van der Waals surface area contributed by atoms with Crippen LogP contribution >= 0.6 is 0 Å². The molecule has 6 aromatic carbocycles. The van der Waals surface area contributed by atoms with Gasteiger partial charge in [0.2, 0.25) is 53.2 Å². The molecule has 3 aromatic heterocycles. The van der Waals surface area contributed by atoms with Crippen LogP contribution in [-0.4, -0.2) is 336 Å². The first-order valence-electron chi connectivity index (χ1n) is 46.4. The summed E-state index contributed by atoms with van der Waals surface area (Å²) in [6.07, 6.45) is 4.96. The molecule has 3 saturated heterocycles. The monoisotopic (exact) mass is 1940 g/mol. The number of para-hydroxylation sites is 2. The fraction of sp³-hybridized carbons (Fsp3) is 0.396. The Morgan fingerprint density at radius 3 is 1.45 bits per heavy atom. The summed E-state index contributed by atoms with van der Waals surface area (Å²) >= 11 is 0. The van der Waals surface area contributed by atoms with Crippen LogP contribution in [-0.2, 0) is 94.4 Å². The molecule has 3 aliphatic heterocycles. The molecule has 45 nitrogen and oxygen atoms in total. The summed E-state index contributed by atoms with van der Waals surface area (Å²) in [5.74, 6) is -14.5. The summed E-state index contributed by atoms with van der Waals surface area (Å²) in [4.78, 5) is 237. The van der Waals surface area contributed by atoms with Crippen LogP contribution in [0.25, 0.3) is 32.6 Å². The molecule has 3 aliphatic rings. The summed E-state index contributed by atoms with van der Waals surface area (Å²) < 4.78 is 0. The van der Waals surface area contributed by atoms with E-state index in [-0.39, 0.29) is 154 Å². The van der Waals surface area contributed by atoms with E-state index in [0.717, 1.165) is 5.39 Å². The van der Waals surface area contributed by atoms with Gasteiger partial charge >= 0.3 is 23.9 Å². The molecule has 1 unspecified atom stereocenters. The lowest BCUT2D eigenvalue weighted by Crippen LogP contribution is -2.62. The normalized spacial score (nSPS) is 16.5. The Balaban J connectivity index is 0.814. The Bertz CT molecular complexity index is 5920. The van der Waals surface area contributed by atoms with Crippen molar-refractivity contribution in [1.29, 1.82) is 10.8 Å². The maximum absolute atomic E-state index is 15.9. The molecule has 0 saturated carbocycles. The number of piperidine rings is 1. The number of hydrogen-bond acceptors (Lipinski definition) is 23. The number of nitrogens with zero attached hydrogens (tertiary/aromatic N) is 7. The zero-order valence-electron chi connectivity index (χ0n) is 77.5. The second-order valence-corrected chi connectivity index (χ2v) is 35.1. The van der Waals surface area contributed by atoms with Gasteiger partial charge in [-0.1, -0.05) is 133 Å². The lowest BCUT2D eigenvalue weighted by Gasteiger charge is -2.37. The molecule has 0 bridgehead atoms. The zero-order valence-corrected chi connectivity index (χ0v) is 77.5. The van der Waals surface area contributed by atoms with Gasteiger partial charge in [0.1, 0.15) is 54.4 Å². The minimum absolute atomic E-state index is 0.00821. The number of nitrogens with one attached hydrogen (secondary N) is 16. The Labute approximate surface area is 809 Å². The fourth-order valence-corrected chi connectivity index (χ4v) is 17.8. The van der Waals surface area contributed by atoms with Crippen molar-refractivity contribution in [3.05, 3.63) is 210 Å². The molecule has 748 valence electrons. The van der Waals surface area contributed by atoms with Gasteiger partial charge in [-0.15, -0.1) is 0 Å². The minimum atomic E-state index is -1.95. The van der Waals surface area contributed by atoms with Crippen LogP contribution in [0.1, 0.15) is 82.4 Å². The second kappa shape index (κ2) is 50.5. The first-order chi connectivity index (χ1) is 67.8. The van der Waals surface area contributed by atoms with Gasteiger partial charge in [0.05, 0.1) is 39.1 Å². The van der Waals surface area contributed by atoms with Crippen molar-refractivity contribution in [2.24, 2.45) is 23.1 Å². The smallest absolute Gasteiger partial charge is 0.330 e. The number of hydrogen-bond donors (Lipinski definition) is 23. The van der Waals surface area contributed by atoms with Crippen LogP contribution in [0.15, 0.2) is 171 Å². The van der Waals surface area contributed by atoms with Crippen molar-refractivity contribution in [1.82, 2.24) is 108 Å². The van der Waals surface area contributed by atoms with E-state index in [1.54, 1.807) is 158 Å². The minimum Gasteiger partial charge on any atom is -0.480 e. The van der Waals surface area contributed by atoms with Gasteiger partial charge in [-0.3, -0.25) is 103 Å². The fourth-order valence-electron chi connectivity index (χ4n) is 17.8. The van der Waals surface area contributed by atoms with Crippen molar-refractivity contribution in [2.45, 2.75) is 125 Å². The van der Waals surface area contributed by atoms with Crippen LogP contribution in [0.4, 0.5) is 4.79 Å². The number of ketones is 1. The summed E-state index contributed by atoms with van der Waals surface area (Å²) in [6.45, 7) is -1.95. The molecule has 26 N–H and O–H groups in total. The number of urea groups is 1. The molecule has 6 heterocycles. The molecule has 9 atom stereocenters. The van der Waals surface area contributed by atoms with Gasteiger partial charge in [0.15, 0.2) is 17.7 Å². The molecule has 12 rings (SSSR count). The number of imidazole rings is 1. The van der Waals surface area contributed by atoms with Crippen molar-refractivity contribution in [2.75, 3.05) is 111 Å². The van der Waals surface area contributed by atoms with E-state index in [1.807, 2.05) is 29.7 Å². The van der Waals surface area contributed by atoms with Gasteiger partial charge in [0.25, 0.3) is 5.91 Å². The first-order valence-corrected chi connectivity index (χ1v) is 46.4. The number of carbonyl (C=O) groups excluding carboxylic acids is 12. The lowest BCUT2D eigenvalue weighted by atomic mass is 9.88. The van der Waals surface area contributed by atoms with Crippen molar-refractivity contribution >= 4 is 133 Å². The predicted molar refractivity (Wildman–Crippen MR) is 516 cm³/mol. The number of aliphatic hydroxyl groups excluding tert-OH is 1. The number of aliphatic hydroxyl groups is 1. The summed E-state index contributed by atoms with van der Waals surface area (Å²) in [5, 5.41) is 85.0. The van der Waals surface area contributed by atoms with E-state index >= 15 is 38.4 Å². The summed E-state index contributed by atoms with van der Waals surface area (Å²) in [5.41, 5.74) is 25.5. The number of carboxylic acids is 3. The third-order valence-corrected chi connectivity index (χ3v) is 25.2. The molecule has 0 radical (unpaired) electrons. The SMILES string of the molecule is N=C(N)NCCC[C@@H](NC(=O)[C@H](Cc1cnc[nH]1)NC(=O)[C@H](CO)NC(=O)[C@H](Cc1c[nH]c2ccccc12)NC(=O)[C@@H](NC(=O)C(Cc1cccc2ccccc12)NC(=O)CN1CCN(CC(=O)O)CCN(CC(=O)O)CCN(CC(=O)O)CC1)C1CCN(C(=N)N)CC1)C(=O)N[C@@H](Cc1c[nH]c2ccccc12)C(=O)N[C@@H](Cc1ccc(C(=O)c2ccccc2)cc1)C(=O)N1CCC[C@H]1C(=O)NNC(N)=O. The van der Waals surface area contributed by atoms with Crippen LogP contribution in [0.5, 0.6) is 0 Å². The number of primary amides is 1. The van der Waals surface area contributed by atoms with E-state index in [2.05, 4.69) is 73.2 Å². The van der Waals surface area contributed by atoms with E-state index in [9.17, 15) is 54.0 Å². The number of aromatic nitrogens is 4. The van der Waals surface area contributed by atoms with Gasteiger partial charge in [-0.2, -0.15) is 0 Å². The number of likely N-dealkylation sites (tertiary alicyclic amines) is 2. The number of rotatable bonds is 43. The largest absolute Gasteiger partial charge is 0.480 e.